The lowest BCUT2D eigenvalue weighted by atomic mass is 10.0. The van der Waals surface area contributed by atoms with Gasteiger partial charge in [0.05, 0.1) is 25.4 Å². The average Bonchev–Trinajstić information content (AvgIpc) is 3.61. The van der Waals surface area contributed by atoms with E-state index in [2.05, 4.69) is 16.0 Å². The smallest absolute Gasteiger partial charge is 0.243 e. The Labute approximate surface area is 178 Å². The first kappa shape index (κ1) is 22.6. The van der Waals surface area contributed by atoms with Crippen LogP contribution in [-0.4, -0.2) is 31.5 Å². The Kier molecular flexibility index (Phi) is 7.17. The highest BCUT2D eigenvalue weighted by Gasteiger charge is 2.34. The molecule has 2 unspecified atom stereocenters. The molecule has 0 aromatic heterocycles. The van der Waals surface area contributed by atoms with Crippen LogP contribution in [0.1, 0.15) is 31.4 Å². The van der Waals surface area contributed by atoms with Crippen molar-refractivity contribution >= 4 is 17.5 Å². The van der Waals surface area contributed by atoms with Crippen molar-refractivity contribution in [3.05, 3.63) is 59.4 Å². The fourth-order valence-corrected chi connectivity index (χ4v) is 3.23. The molecule has 0 heterocycles. The number of benzene rings is 2. The fourth-order valence-electron chi connectivity index (χ4n) is 3.23. The van der Waals surface area contributed by atoms with Crippen LogP contribution in [-0.2, 0) is 9.59 Å². The van der Waals surface area contributed by atoms with E-state index in [9.17, 15) is 22.8 Å². The van der Waals surface area contributed by atoms with E-state index in [0.717, 1.165) is 30.2 Å². The number of anilines is 1. The van der Waals surface area contributed by atoms with Crippen LogP contribution in [0, 0.1) is 23.4 Å². The van der Waals surface area contributed by atoms with E-state index in [4.69, 9.17) is 4.74 Å². The largest absolute Gasteiger partial charge is 0.497 e. The zero-order chi connectivity index (χ0) is 22.5. The molecule has 2 aromatic carbocycles. The number of methoxy groups -OCH3 is 1. The standard InChI is InChI=1S/C22H24F3N3O3/c1-12(27-21(13-3-4-13)14-5-7-15(31-2)8-6-14)22(30)26-11-18(29)28-17-10-9-16(23)19(24)20(17)25/h5-10,12-13,21,27H,3-4,11H2,1-2H3,(H,26,30)(H,28,29). The van der Waals surface area contributed by atoms with Crippen molar-refractivity contribution in [2.75, 3.05) is 19.0 Å². The molecule has 1 fully saturated rings. The highest BCUT2D eigenvalue weighted by atomic mass is 19.2. The van der Waals surface area contributed by atoms with Crippen LogP contribution in [0.4, 0.5) is 18.9 Å². The molecule has 2 aromatic rings. The lowest BCUT2D eigenvalue weighted by Gasteiger charge is -2.23. The lowest BCUT2D eigenvalue weighted by molar-refractivity contribution is -0.125. The summed E-state index contributed by atoms with van der Waals surface area (Å²) in [4.78, 5) is 24.4. The van der Waals surface area contributed by atoms with E-state index in [1.807, 2.05) is 24.3 Å². The molecule has 0 saturated heterocycles. The van der Waals surface area contributed by atoms with Gasteiger partial charge in [-0.25, -0.2) is 13.2 Å². The zero-order valence-electron chi connectivity index (χ0n) is 17.2. The molecule has 0 spiro atoms. The van der Waals surface area contributed by atoms with E-state index >= 15 is 0 Å². The molecule has 9 heteroatoms. The van der Waals surface area contributed by atoms with Gasteiger partial charge in [0.1, 0.15) is 5.75 Å². The van der Waals surface area contributed by atoms with Crippen LogP contribution in [0.25, 0.3) is 0 Å². The number of amides is 2. The first-order chi connectivity index (χ1) is 14.8. The quantitative estimate of drug-likeness (QED) is 0.528. The van der Waals surface area contributed by atoms with Crippen molar-refractivity contribution in [3.63, 3.8) is 0 Å². The highest BCUT2D eigenvalue weighted by molar-refractivity contribution is 5.95. The van der Waals surface area contributed by atoms with Crippen molar-refractivity contribution in [3.8, 4) is 5.75 Å². The first-order valence-electron chi connectivity index (χ1n) is 9.91. The Balaban J connectivity index is 1.53. The van der Waals surface area contributed by atoms with Gasteiger partial charge in [0.15, 0.2) is 17.5 Å². The van der Waals surface area contributed by atoms with Gasteiger partial charge in [-0.3, -0.25) is 14.9 Å². The molecule has 3 rings (SSSR count). The molecular weight excluding hydrogens is 411 g/mol. The predicted molar refractivity (Wildman–Crippen MR) is 109 cm³/mol. The van der Waals surface area contributed by atoms with Gasteiger partial charge in [-0.15, -0.1) is 0 Å². The van der Waals surface area contributed by atoms with E-state index in [1.54, 1.807) is 14.0 Å². The summed E-state index contributed by atoms with van der Waals surface area (Å²) < 4.78 is 45.0. The molecule has 6 nitrogen and oxygen atoms in total. The summed E-state index contributed by atoms with van der Waals surface area (Å²) in [5.74, 6) is -4.55. The molecule has 3 N–H and O–H groups in total. The molecular formula is C22H24F3N3O3. The van der Waals surface area contributed by atoms with E-state index in [-0.39, 0.29) is 6.04 Å². The molecule has 2 atom stereocenters. The Bertz CT molecular complexity index is 949. The van der Waals surface area contributed by atoms with Crippen LogP contribution < -0.4 is 20.7 Å². The summed E-state index contributed by atoms with van der Waals surface area (Å²) in [6.45, 7) is 1.24. The molecule has 1 saturated carbocycles. The highest BCUT2D eigenvalue weighted by Crippen LogP contribution is 2.41. The van der Waals surface area contributed by atoms with Crippen molar-refractivity contribution < 1.29 is 27.5 Å². The number of ether oxygens (including phenoxy) is 1. The van der Waals surface area contributed by atoms with Crippen LogP contribution in [0.5, 0.6) is 5.75 Å². The third-order valence-electron chi connectivity index (χ3n) is 5.12. The van der Waals surface area contributed by atoms with Gasteiger partial charge < -0.3 is 15.4 Å². The van der Waals surface area contributed by atoms with Gasteiger partial charge in [-0.2, -0.15) is 0 Å². The van der Waals surface area contributed by atoms with E-state index < -0.39 is 47.5 Å². The van der Waals surface area contributed by atoms with Crippen molar-refractivity contribution in [1.29, 1.82) is 0 Å². The maximum Gasteiger partial charge on any atom is 0.243 e. The Morgan fingerprint density at radius 2 is 1.74 bits per heavy atom. The molecule has 166 valence electrons. The van der Waals surface area contributed by atoms with Crippen molar-refractivity contribution in [2.24, 2.45) is 5.92 Å². The predicted octanol–water partition coefficient (Wildman–Crippen LogP) is 3.30. The summed E-state index contributed by atoms with van der Waals surface area (Å²) >= 11 is 0. The van der Waals surface area contributed by atoms with Gasteiger partial charge in [0, 0.05) is 6.04 Å². The maximum atomic E-state index is 13.6. The number of hydrogen-bond donors (Lipinski definition) is 3. The summed E-state index contributed by atoms with van der Waals surface area (Å²) in [5, 5.41) is 7.86. The molecule has 0 bridgehead atoms. The second-order valence-electron chi connectivity index (χ2n) is 7.47. The van der Waals surface area contributed by atoms with Crippen molar-refractivity contribution in [2.45, 2.75) is 31.8 Å². The number of hydrogen-bond acceptors (Lipinski definition) is 4. The number of rotatable bonds is 9. The van der Waals surface area contributed by atoms with Crippen LogP contribution in [0.3, 0.4) is 0 Å². The van der Waals surface area contributed by atoms with Crippen LogP contribution >= 0.6 is 0 Å². The molecule has 2 amide bonds. The fraction of sp³-hybridized carbons (Fsp3) is 0.364. The Hall–Kier alpha value is -3.07. The van der Waals surface area contributed by atoms with Gasteiger partial charge in [0.25, 0.3) is 0 Å². The number of carbonyl (C=O) groups is 2. The van der Waals surface area contributed by atoms with Gasteiger partial charge in [-0.05, 0) is 55.5 Å². The van der Waals surface area contributed by atoms with Crippen molar-refractivity contribution in [1.82, 2.24) is 10.6 Å². The molecule has 1 aliphatic rings. The molecule has 1 aliphatic carbocycles. The second-order valence-corrected chi connectivity index (χ2v) is 7.47. The monoisotopic (exact) mass is 435 g/mol. The Morgan fingerprint density at radius 3 is 2.35 bits per heavy atom. The number of halogens is 3. The minimum atomic E-state index is -1.68. The van der Waals surface area contributed by atoms with Gasteiger partial charge in [0.2, 0.25) is 11.8 Å². The Morgan fingerprint density at radius 1 is 1.06 bits per heavy atom. The minimum absolute atomic E-state index is 0.0169. The lowest BCUT2D eigenvalue weighted by Crippen LogP contribution is -2.46. The summed E-state index contributed by atoms with van der Waals surface area (Å²) in [6, 6.07) is 8.62. The number of carbonyl (C=O) groups excluding carboxylic acids is 2. The summed E-state index contributed by atoms with van der Waals surface area (Å²) in [7, 11) is 1.59. The summed E-state index contributed by atoms with van der Waals surface area (Å²) in [5.41, 5.74) is 0.534. The first-order valence-corrected chi connectivity index (χ1v) is 9.91. The van der Waals surface area contributed by atoms with Crippen LogP contribution in [0.2, 0.25) is 0 Å². The summed E-state index contributed by atoms with van der Waals surface area (Å²) in [6.07, 6.45) is 2.11. The average molecular weight is 435 g/mol. The zero-order valence-corrected chi connectivity index (χ0v) is 17.2. The molecule has 31 heavy (non-hydrogen) atoms. The molecule has 0 aliphatic heterocycles. The third-order valence-corrected chi connectivity index (χ3v) is 5.12. The van der Waals surface area contributed by atoms with Gasteiger partial charge >= 0.3 is 0 Å². The second kappa shape index (κ2) is 9.82. The van der Waals surface area contributed by atoms with Gasteiger partial charge in [-0.1, -0.05) is 12.1 Å². The topological polar surface area (TPSA) is 79.5 Å². The number of nitrogens with one attached hydrogen (secondary N) is 3. The normalized spacial score (nSPS) is 15.1. The van der Waals surface area contributed by atoms with E-state index in [0.29, 0.717) is 12.0 Å². The third kappa shape index (κ3) is 5.75. The van der Waals surface area contributed by atoms with Crippen LogP contribution in [0.15, 0.2) is 36.4 Å². The SMILES string of the molecule is COc1ccc(C(NC(C)C(=O)NCC(=O)Nc2ccc(F)c(F)c2F)C2CC2)cc1. The maximum absolute atomic E-state index is 13.6. The minimum Gasteiger partial charge on any atom is -0.497 e. The van der Waals surface area contributed by atoms with E-state index in [1.165, 1.54) is 0 Å². The molecule has 0 radical (unpaired) electrons.